The molecule has 1 heterocycles. The Bertz CT molecular complexity index is 944. The number of aryl methyl sites for hydroxylation is 1. The Kier molecular flexibility index (Phi) is 4.81. The van der Waals surface area contributed by atoms with Crippen LogP contribution in [0.2, 0.25) is 5.02 Å². The number of amides is 4. The van der Waals surface area contributed by atoms with Gasteiger partial charge in [-0.25, -0.2) is 4.79 Å². The van der Waals surface area contributed by atoms with Gasteiger partial charge in [0.05, 0.1) is 0 Å². The summed E-state index contributed by atoms with van der Waals surface area (Å²) in [5.74, 6) is -0.745. The number of hydrogen-bond acceptors (Lipinski definition) is 3. The van der Waals surface area contributed by atoms with Crippen LogP contribution in [0.4, 0.5) is 4.79 Å². The molecule has 4 rings (SSSR count). The molecule has 2 aliphatic rings. The zero-order chi connectivity index (χ0) is 19.7. The molecule has 1 fully saturated rings. The van der Waals surface area contributed by atoms with Crippen molar-refractivity contribution in [3.63, 3.8) is 0 Å². The minimum Gasteiger partial charge on any atom is -0.350 e. The van der Waals surface area contributed by atoms with Gasteiger partial charge in [0.2, 0.25) is 5.91 Å². The third-order valence-corrected chi connectivity index (χ3v) is 5.61. The summed E-state index contributed by atoms with van der Waals surface area (Å²) >= 11 is 5.85. The first kappa shape index (κ1) is 18.5. The van der Waals surface area contributed by atoms with Crippen LogP contribution in [0.3, 0.4) is 0 Å². The van der Waals surface area contributed by atoms with Gasteiger partial charge in [-0.1, -0.05) is 48.0 Å². The predicted octanol–water partition coefficient (Wildman–Crippen LogP) is 2.74. The zero-order valence-electron chi connectivity index (χ0n) is 15.2. The molecule has 1 aliphatic carbocycles. The number of hydrogen-bond donors (Lipinski definition) is 2. The van der Waals surface area contributed by atoms with Gasteiger partial charge in [-0.2, -0.15) is 0 Å². The first-order valence-corrected chi connectivity index (χ1v) is 9.61. The Morgan fingerprint density at radius 3 is 2.68 bits per heavy atom. The fraction of sp³-hybridized carbons (Fsp3) is 0.286. The van der Waals surface area contributed by atoms with E-state index >= 15 is 0 Å². The molecule has 7 heteroatoms. The van der Waals surface area contributed by atoms with Crippen molar-refractivity contribution in [3.05, 3.63) is 70.2 Å². The average molecular weight is 398 g/mol. The highest BCUT2D eigenvalue weighted by Gasteiger charge is 2.54. The maximum absolute atomic E-state index is 13.2. The molecule has 2 N–H and O–H groups in total. The number of carbonyl (C=O) groups is 3. The van der Waals surface area contributed by atoms with E-state index in [2.05, 4.69) is 10.6 Å². The lowest BCUT2D eigenvalue weighted by molar-refractivity contribution is -0.135. The minimum absolute atomic E-state index is 0.299. The fourth-order valence-corrected chi connectivity index (χ4v) is 4.08. The van der Waals surface area contributed by atoms with Crippen LogP contribution in [-0.2, 0) is 28.1 Å². The van der Waals surface area contributed by atoms with Crippen molar-refractivity contribution >= 4 is 29.4 Å². The standard InChI is InChI=1S/C21H20ClN3O3/c22-16-9-7-14(8-10-16)12-23-18(26)13-25-19(27)21(24-20(25)28)11-3-5-15-4-1-2-6-17(15)21/h1-2,4,6-10H,3,5,11-13H2,(H,23,26)(H,24,28)/t21-/m1/s1. The number of nitrogens with zero attached hydrogens (tertiary/aromatic N) is 1. The highest BCUT2D eigenvalue weighted by molar-refractivity contribution is 6.30. The smallest absolute Gasteiger partial charge is 0.325 e. The van der Waals surface area contributed by atoms with Crippen LogP contribution in [-0.4, -0.2) is 29.3 Å². The molecule has 0 aromatic heterocycles. The van der Waals surface area contributed by atoms with Crippen molar-refractivity contribution in [1.82, 2.24) is 15.5 Å². The number of carbonyl (C=O) groups excluding carboxylic acids is 3. The second-order valence-corrected chi connectivity index (χ2v) is 7.58. The number of fused-ring (bicyclic) bond motifs is 2. The summed E-state index contributed by atoms with van der Waals surface area (Å²) in [6.45, 7) is -0.00417. The molecule has 0 saturated carbocycles. The molecule has 1 atom stereocenters. The highest BCUT2D eigenvalue weighted by atomic mass is 35.5. The summed E-state index contributed by atoms with van der Waals surface area (Å²) in [6, 6.07) is 14.2. The van der Waals surface area contributed by atoms with Crippen molar-refractivity contribution in [2.45, 2.75) is 31.3 Å². The van der Waals surface area contributed by atoms with Crippen molar-refractivity contribution in [1.29, 1.82) is 0 Å². The third kappa shape index (κ3) is 3.24. The highest BCUT2D eigenvalue weighted by Crippen LogP contribution is 2.39. The van der Waals surface area contributed by atoms with Crippen LogP contribution < -0.4 is 10.6 Å². The molecule has 1 spiro atoms. The Hall–Kier alpha value is -2.86. The molecule has 0 bridgehead atoms. The van der Waals surface area contributed by atoms with Gasteiger partial charge in [0.25, 0.3) is 5.91 Å². The Balaban J connectivity index is 1.46. The number of urea groups is 1. The Labute approximate surface area is 167 Å². The number of imide groups is 1. The van der Waals surface area contributed by atoms with Crippen molar-refractivity contribution < 1.29 is 14.4 Å². The number of rotatable bonds is 4. The van der Waals surface area contributed by atoms with Gasteiger partial charge in [-0.3, -0.25) is 14.5 Å². The van der Waals surface area contributed by atoms with E-state index in [0.717, 1.165) is 34.4 Å². The first-order chi connectivity index (χ1) is 13.5. The van der Waals surface area contributed by atoms with E-state index in [1.807, 2.05) is 36.4 Å². The quantitative estimate of drug-likeness (QED) is 0.778. The van der Waals surface area contributed by atoms with Crippen LogP contribution in [0.5, 0.6) is 0 Å². The Morgan fingerprint density at radius 1 is 1.14 bits per heavy atom. The number of nitrogens with one attached hydrogen (secondary N) is 2. The van der Waals surface area contributed by atoms with Gasteiger partial charge in [0.15, 0.2) is 0 Å². The second kappa shape index (κ2) is 7.28. The van der Waals surface area contributed by atoms with Crippen LogP contribution >= 0.6 is 11.6 Å². The van der Waals surface area contributed by atoms with Gasteiger partial charge >= 0.3 is 6.03 Å². The molecule has 0 unspecified atom stereocenters. The summed E-state index contributed by atoms with van der Waals surface area (Å²) in [4.78, 5) is 39.0. The van der Waals surface area contributed by atoms with Gasteiger partial charge in [0, 0.05) is 11.6 Å². The average Bonchev–Trinajstić information content (AvgIpc) is 2.93. The van der Waals surface area contributed by atoms with Crippen LogP contribution in [0.25, 0.3) is 0 Å². The SMILES string of the molecule is O=C(CN1C(=O)N[C@@]2(CCCc3ccccc32)C1=O)NCc1ccc(Cl)cc1. The van der Waals surface area contributed by atoms with Crippen molar-refractivity contribution in [3.8, 4) is 0 Å². The number of benzene rings is 2. The molecular formula is C21H20ClN3O3. The zero-order valence-corrected chi connectivity index (χ0v) is 16.0. The lowest BCUT2D eigenvalue weighted by Gasteiger charge is -2.33. The van der Waals surface area contributed by atoms with Crippen LogP contribution in [0, 0.1) is 0 Å². The summed E-state index contributed by atoms with van der Waals surface area (Å²) in [5.41, 5.74) is 1.73. The molecule has 2 aromatic carbocycles. The third-order valence-electron chi connectivity index (χ3n) is 5.36. The molecule has 1 saturated heterocycles. The summed E-state index contributed by atoms with van der Waals surface area (Å²) < 4.78 is 0. The molecule has 28 heavy (non-hydrogen) atoms. The van der Waals surface area contributed by atoms with Crippen LogP contribution in [0.1, 0.15) is 29.5 Å². The maximum atomic E-state index is 13.2. The predicted molar refractivity (Wildman–Crippen MR) is 105 cm³/mol. The van der Waals surface area contributed by atoms with E-state index in [0.29, 0.717) is 18.0 Å². The fourth-order valence-electron chi connectivity index (χ4n) is 3.96. The molecule has 144 valence electrons. The van der Waals surface area contributed by atoms with Gasteiger partial charge in [-0.05, 0) is 48.1 Å². The largest absolute Gasteiger partial charge is 0.350 e. The Morgan fingerprint density at radius 2 is 1.89 bits per heavy atom. The van der Waals surface area contributed by atoms with E-state index in [4.69, 9.17) is 11.6 Å². The molecular weight excluding hydrogens is 378 g/mol. The van der Waals surface area contributed by atoms with Crippen molar-refractivity contribution in [2.24, 2.45) is 0 Å². The topological polar surface area (TPSA) is 78.5 Å². The van der Waals surface area contributed by atoms with Gasteiger partial charge in [0.1, 0.15) is 12.1 Å². The first-order valence-electron chi connectivity index (χ1n) is 9.23. The summed E-state index contributed by atoms with van der Waals surface area (Å²) in [7, 11) is 0. The molecule has 0 radical (unpaired) electrons. The maximum Gasteiger partial charge on any atom is 0.325 e. The summed E-state index contributed by atoms with van der Waals surface area (Å²) in [5, 5.41) is 6.21. The van der Waals surface area contributed by atoms with E-state index in [1.54, 1.807) is 12.1 Å². The lowest BCUT2D eigenvalue weighted by atomic mass is 9.76. The van der Waals surface area contributed by atoms with E-state index in [1.165, 1.54) is 0 Å². The van der Waals surface area contributed by atoms with E-state index < -0.39 is 11.6 Å². The lowest BCUT2D eigenvalue weighted by Crippen LogP contribution is -2.47. The number of halogens is 1. The molecule has 2 aromatic rings. The normalized spacial score (nSPS) is 20.8. The van der Waals surface area contributed by atoms with Crippen molar-refractivity contribution in [2.75, 3.05) is 6.54 Å². The minimum atomic E-state index is -1.05. The van der Waals surface area contributed by atoms with E-state index in [-0.39, 0.29) is 18.4 Å². The van der Waals surface area contributed by atoms with Gasteiger partial charge < -0.3 is 10.6 Å². The van der Waals surface area contributed by atoms with Crippen LogP contribution in [0.15, 0.2) is 48.5 Å². The summed E-state index contributed by atoms with van der Waals surface area (Å²) in [6.07, 6.45) is 2.22. The molecule has 1 aliphatic heterocycles. The second-order valence-electron chi connectivity index (χ2n) is 7.14. The van der Waals surface area contributed by atoms with Gasteiger partial charge in [-0.15, -0.1) is 0 Å². The van der Waals surface area contributed by atoms with E-state index in [9.17, 15) is 14.4 Å². The molecule has 4 amide bonds. The molecule has 6 nitrogen and oxygen atoms in total. The monoisotopic (exact) mass is 397 g/mol.